The van der Waals surface area contributed by atoms with Crippen LogP contribution < -0.4 is 10.0 Å². The minimum absolute atomic E-state index is 0.0608. The van der Waals surface area contributed by atoms with E-state index in [0.717, 1.165) is 17.0 Å². The van der Waals surface area contributed by atoms with Gasteiger partial charge in [-0.1, -0.05) is 20.8 Å². The van der Waals surface area contributed by atoms with Crippen molar-refractivity contribution in [3.8, 4) is 0 Å². The van der Waals surface area contributed by atoms with Crippen molar-refractivity contribution >= 4 is 26.5 Å². The van der Waals surface area contributed by atoms with Gasteiger partial charge < -0.3 is 5.32 Å². The molecule has 0 aliphatic carbocycles. The number of aryl methyl sites for hydroxylation is 2. The van der Waals surface area contributed by atoms with E-state index in [0.29, 0.717) is 11.7 Å². The maximum absolute atomic E-state index is 11.8. The molecule has 0 radical (unpaired) electrons. The summed E-state index contributed by atoms with van der Waals surface area (Å²) >= 11 is 1.38. The number of thiazole rings is 1. The summed E-state index contributed by atoms with van der Waals surface area (Å²) in [7, 11) is -3.31. The van der Waals surface area contributed by atoms with Crippen LogP contribution in [0.4, 0.5) is 5.13 Å². The molecular formula is C11H21N3O2S2. The molecule has 0 amide bonds. The number of rotatable bonds is 7. The fourth-order valence-corrected chi connectivity index (χ4v) is 3.57. The monoisotopic (exact) mass is 291 g/mol. The first-order valence-electron chi connectivity index (χ1n) is 6.04. The first-order valence-corrected chi connectivity index (χ1v) is 8.51. The van der Waals surface area contributed by atoms with Gasteiger partial charge in [-0.25, -0.2) is 13.4 Å². The third kappa shape index (κ3) is 4.91. The van der Waals surface area contributed by atoms with E-state index in [4.69, 9.17) is 0 Å². The lowest BCUT2D eigenvalue weighted by molar-refractivity contribution is 0.582. The summed E-state index contributed by atoms with van der Waals surface area (Å²) in [6.45, 7) is 8.37. The number of anilines is 1. The molecule has 5 nitrogen and oxygen atoms in total. The van der Waals surface area contributed by atoms with Gasteiger partial charge in [0.25, 0.3) is 0 Å². The molecule has 0 saturated carbocycles. The van der Waals surface area contributed by atoms with Crippen LogP contribution in [0, 0.1) is 6.92 Å². The lowest BCUT2D eigenvalue weighted by atomic mass is 10.3. The second-order valence-corrected chi connectivity index (χ2v) is 7.45. The number of sulfonamides is 1. The van der Waals surface area contributed by atoms with E-state index in [1.165, 1.54) is 11.3 Å². The van der Waals surface area contributed by atoms with Crippen molar-refractivity contribution < 1.29 is 8.42 Å². The zero-order chi connectivity index (χ0) is 13.8. The highest BCUT2D eigenvalue weighted by atomic mass is 32.2. The van der Waals surface area contributed by atoms with Gasteiger partial charge in [0, 0.05) is 17.5 Å². The molecule has 18 heavy (non-hydrogen) atoms. The average Bonchev–Trinajstić information content (AvgIpc) is 2.56. The Morgan fingerprint density at radius 1 is 1.39 bits per heavy atom. The Morgan fingerprint density at radius 3 is 2.56 bits per heavy atom. The van der Waals surface area contributed by atoms with Gasteiger partial charge in [0.1, 0.15) is 0 Å². The van der Waals surface area contributed by atoms with Crippen molar-refractivity contribution in [2.45, 2.75) is 40.2 Å². The van der Waals surface area contributed by atoms with Crippen LogP contribution in [0.5, 0.6) is 0 Å². The van der Waals surface area contributed by atoms with Gasteiger partial charge >= 0.3 is 0 Å². The van der Waals surface area contributed by atoms with E-state index in [-0.39, 0.29) is 11.8 Å². The van der Waals surface area contributed by atoms with Gasteiger partial charge in [0.15, 0.2) is 5.13 Å². The number of hydrogen-bond donors (Lipinski definition) is 2. The molecule has 0 fully saturated rings. The molecule has 0 bridgehead atoms. The molecule has 7 heteroatoms. The Balaban J connectivity index is 2.59. The molecule has 1 rings (SSSR count). The molecule has 1 aromatic heterocycles. The number of aromatic nitrogens is 1. The maximum atomic E-state index is 11.8. The predicted octanol–water partition coefficient (Wildman–Crippen LogP) is 1.75. The molecular weight excluding hydrogens is 270 g/mol. The Labute approximate surface area is 113 Å². The van der Waals surface area contributed by atoms with Crippen molar-refractivity contribution in [2.75, 3.05) is 17.0 Å². The van der Waals surface area contributed by atoms with Crippen molar-refractivity contribution in [1.29, 1.82) is 0 Å². The lowest BCUT2D eigenvalue weighted by Crippen LogP contribution is -2.30. The van der Waals surface area contributed by atoms with Gasteiger partial charge in [-0.15, -0.1) is 11.3 Å². The third-order valence-electron chi connectivity index (χ3n) is 2.39. The van der Waals surface area contributed by atoms with E-state index in [1.807, 2.05) is 27.7 Å². The maximum Gasteiger partial charge on any atom is 0.235 e. The highest BCUT2D eigenvalue weighted by molar-refractivity contribution is 7.92. The molecule has 1 aromatic rings. The zero-order valence-corrected chi connectivity index (χ0v) is 12.9. The van der Waals surface area contributed by atoms with Gasteiger partial charge in [-0.2, -0.15) is 0 Å². The Hall–Kier alpha value is -0.660. The molecule has 2 N–H and O–H groups in total. The fourth-order valence-electron chi connectivity index (χ4n) is 1.47. The second kappa shape index (κ2) is 6.49. The number of nitrogens with zero attached hydrogens (tertiary/aromatic N) is 1. The summed E-state index contributed by atoms with van der Waals surface area (Å²) in [5, 5.41) is 3.55. The standard InChI is InChI=1S/C11H21N3O2S2/c1-5-10-9(4)17-11(13-10)14-18(15,16)7-6-12-8(2)3/h8,12H,5-7H2,1-4H3,(H,13,14). The van der Waals surface area contributed by atoms with Gasteiger partial charge in [0.05, 0.1) is 11.4 Å². The van der Waals surface area contributed by atoms with Gasteiger partial charge in [-0.3, -0.25) is 4.72 Å². The summed E-state index contributed by atoms with van der Waals surface area (Å²) in [5.74, 6) is 0.0608. The van der Waals surface area contributed by atoms with Gasteiger partial charge in [0.2, 0.25) is 10.0 Å². The fraction of sp³-hybridized carbons (Fsp3) is 0.727. The summed E-state index contributed by atoms with van der Waals surface area (Å²) in [6, 6.07) is 0.286. The van der Waals surface area contributed by atoms with Crippen molar-refractivity contribution in [3.63, 3.8) is 0 Å². The molecule has 0 atom stereocenters. The molecule has 104 valence electrons. The smallest absolute Gasteiger partial charge is 0.235 e. The molecule has 0 unspecified atom stereocenters. The molecule has 0 aliphatic rings. The molecule has 1 heterocycles. The van der Waals surface area contributed by atoms with E-state index in [1.54, 1.807) is 0 Å². The molecule has 0 aliphatic heterocycles. The van der Waals surface area contributed by atoms with Crippen LogP contribution in [0.2, 0.25) is 0 Å². The van der Waals surface area contributed by atoms with Crippen LogP contribution in [0.3, 0.4) is 0 Å². The summed E-state index contributed by atoms with van der Waals surface area (Å²) < 4.78 is 26.1. The minimum atomic E-state index is -3.31. The van der Waals surface area contributed by atoms with E-state index in [2.05, 4.69) is 15.0 Å². The topological polar surface area (TPSA) is 71.1 Å². The first kappa shape index (κ1) is 15.4. The van der Waals surface area contributed by atoms with Crippen LogP contribution in [0.1, 0.15) is 31.3 Å². The first-order chi connectivity index (χ1) is 8.34. The molecule has 0 spiro atoms. The minimum Gasteiger partial charge on any atom is -0.313 e. The van der Waals surface area contributed by atoms with Crippen LogP contribution in [-0.2, 0) is 16.4 Å². The summed E-state index contributed by atoms with van der Waals surface area (Å²) in [5.41, 5.74) is 0.956. The zero-order valence-electron chi connectivity index (χ0n) is 11.3. The largest absolute Gasteiger partial charge is 0.313 e. The van der Waals surface area contributed by atoms with Crippen LogP contribution in [0.25, 0.3) is 0 Å². The normalized spacial score (nSPS) is 12.1. The van der Waals surface area contributed by atoms with Crippen molar-refractivity contribution in [3.05, 3.63) is 10.6 Å². The summed E-state index contributed by atoms with van der Waals surface area (Å²) in [6.07, 6.45) is 0.818. The van der Waals surface area contributed by atoms with Crippen LogP contribution >= 0.6 is 11.3 Å². The summed E-state index contributed by atoms with van der Waals surface area (Å²) in [4.78, 5) is 5.33. The Kier molecular flexibility index (Phi) is 5.55. The van der Waals surface area contributed by atoms with Crippen LogP contribution in [-0.4, -0.2) is 31.7 Å². The van der Waals surface area contributed by atoms with E-state index in [9.17, 15) is 8.42 Å². The highest BCUT2D eigenvalue weighted by Gasteiger charge is 2.14. The second-order valence-electron chi connectivity index (χ2n) is 4.41. The Bertz CT molecular complexity index is 480. The number of nitrogens with one attached hydrogen (secondary N) is 2. The highest BCUT2D eigenvalue weighted by Crippen LogP contribution is 2.23. The Morgan fingerprint density at radius 2 is 2.06 bits per heavy atom. The van der Waals surface area contributed by atoms with Crippen molar-refractivity contribution in [1.82, 2.24) is 10.3 Å². The lowest BCUT2D eigenvalue weighted by Gasteiger charge is -2.08. The third-order valence-corrected chi connectivity index (χ3v) is 4.70. The molecule has 0 saturated heterocycles. The van der Waals surface area contributed by atoms with E-state index < -0.39 is 10.0 Å². The van der Waals surface area contributed by atoms with Crippen molar-refractivity contribution in [2.24, 2.45) is 0 Å². The molecule has 0 aromatic carbocycles. The quantitative estimate of drug-likeness (QED) is 0.803. The van der Waals surface area contributed by atoms with Gasteiger partial charge in [-0.05, 0) is 13.3 Å². The number of hydrogen-bond acceptors (Lipinski definition) is 5. The van der Waals surface area contributed by atoms with Crippen LogP contribution in [0.15, 0.2) is 0 Å². The average molecular weight is 291 g/mol. The van der Waals surface area contributed by atoms with E-state index >= 15 is 0 Å². The predicted molar refractivity (Wildman–Crippen MR) is 76.8 cm³/mol. The SMILES string of the molecule is CCc1nc(NS(=O)(=O)CCNC(C)C)sc1C.